The number of aromatic nitrogens is 1. The fourth-order valence-electron chi connectivity index (χ4n) is 6.06. The molecule has 166 valence electrons. The number of carbonyl (C=O) groups excluding carboxylic acids is 1. The van der Waals surface area contributed by atoms with E-state index < -0.39 is 17.6 Å². The molecule has 2 unspecified atom stereocenters. The summed E-state index contributed by atoms with van der Waals surface area (Å²) in [4.78, 5) is 30.6. The van der Waals surface area contributed by atoms with Crippen molar-refractivity contribution in [3.8, 4) is 0 Å². The van der Waals surface area contributed by atoms with E-state index in [-0.39, 0.29) is 47.5 Å². The minimum atomic E-state index is -1.87. The number of aliphatic imine (C=N–C) groups is 1. The summed E-state index contributed by atoms with van der Waals surface area (Å²) in [5.74, 6) is -1.09. The van der Waals surface area contributed by atoms with E-state index in [9.17, 15) is 19.1 Å². The Morgan fingerprint density at radius 2 is 2.19 bits per heavy atom. The van der Waals surface area contributed by atoms with Crippen molar-refractivity contribution in [2.45, 2.75) is 63.9 Å². The molecule has 4 heterocycles. The summed E-state index contributed by atoms with van der Waals surface area (Å²) in [6.07, 6.45) is 3.08. The molecule has 7 nitrogen and oxygen atoms in total. The van der Waals surface area contributed by atoms with Gasteiger partial charge in [0.05, 0.1) is 29.6 Å². The van der Waals surface area contributed by atoms with Gasteiger partial charge in [0.1, 0.15) is 12.4 Å². The van der Waals surface area contributed by atoms with Crippen LogP contribution in [0.3, 0.4) is 0 Å². The summed E-state index contributed by atoms with van der Waals surface area (Å²) >= 11 is 0. The highest BCUT2D eigenvalue weighted by molar-refractivity contribution is 6.15. The number of nitrogens with two attached hydrogens (primary N) is 1. The van der Waals surface area contributed by atoms with Gasteiger partial charge in [0, 0.05) is 23.1 Å². The Hall–Kier alpha value is -2.84. The van der Waals surface area contributed by atoms with Gasteiger partial charge < -0.3 is 20.1 Å². The number of fused-ring (bicyclic) bond motifs is 4. The molecular formula is C24H24FN3O4. The fourth-order valence-corrected chi connectivity index (χ4v) is 6.06. The van der Waals surface area contributed by atoms with Crippen molar-refractivity contribution in [2.24, 2.45) is 16.6 Å². The zero-order valence-corrected chi connectivity index (χ0v) is 17.9. The van der Waals surface area contributed by atoms with Crippen molar-refractivity contribution in [3.63, 3.8) is 0 Å². The van der Waals surface area contributed by atoms with Crippen molar-refractivity contribution in [1.29, 1.82) is 0 Å². The summed E-state index contributed by atoms with van der Waals surface area (Å²) in [5, 5.41) is 11.0. The molecule has 1 saturated carbocycles. The van der Waals surface area contributed by atoms with Crippen molar-refractivity contribution in [3.05, 3.63) is 67.4 Å². The number of halogens is 1. The van der Waals surface area contributed by atoms with E-state index in [1.807, 2.05) is 0 Å². The third-order valence-corrected chi connectivity index (χ3v) is 7.85. The van der Waals surface area contributed by atoms with Crippen molar-refractivity contribution < 1.29 is 19.0 Å². The van der Waals surface area contributed by atoms with Crippen LogP contribution < -0.4 is 11.3 Å². The minimum absolute atomic E-state index is 0.0749. The normalized spacial score (nSPS) is 32.5. The molecule has 4 atom stereocenters. The van der Waals surface area contributed by atoms with Gasteiger partial charge in [-0.15, -0.1) is 0 Å². The summed E-state index contributed by atoms with van der Waals surface area (Å²) < 4.78 is 21.4. The monoisotopic (exact) mass is 437 g/mol. The number of aliphatic hydroxyl groups is 1. The molecule has 0 amide bonds. The van der Waals surface area contributed by atoms with E-state index >= 15 is 0 Å². The molecule has 0 bridgehead atoms. The van der Waals surface area contributed by atoms with Gasteiger partial charge >= 0.3 is 5.97 Å². The van der Waals surface area contributed by atoms with Crippen molar-refractivity contribution in [2.75, 3.05) is 0 Å². The molecule has 0 saturated heterocycles. The van der Waals surface area contributed by atoms with Gasteiger partial charge in [-0.05, 0) is 49.5 Å². The lowest BCUT2D eigenvalue weighted by Crippen LogP contribution is -2.44. The first-order valence-corrected chi connectivity index (χ1v) is 11.1. The van der Waals surface area contributed by atoms with Crippen LogP contribution in [0.5, 0.6) is 0 Å². The van der Waals surface area contributed by atoms with E-state index in [4.69, 9.17) is 15.5 Å². The lowest BCUT2D eigenvalue weighted by atomic mass is 9.67. The maximum atomic E-state index is 14.7. The van der Waals surface area contributed by atoms with Crippen LogP contribution in [-0.2, 0) is 28.3 Å². The number of allylic oxidation sites excluding steroid dienone is 3. The van der Waals surface area contributed by atoms with Crippen molar-refractivity contribution >= 4 is 11.7 Å². The predicted molar refractivity (Wildman–Crippen MR) is 115 cm³/mol. The maximum Gasteiger partial charge on any atom is 0.343 e. The molecule has 2 aliphatic carbocycles. The van der Waals surface area contributed by atoms with Gasteiger partial charge in [-0.1, -0.05) is 12.5 Å². The van der Waals surface area contributed by atoms with Gasteiger partial charge in [-0.3, -0.25) is 9.79 Å². The number of pyridine rings is 1. The van der Waals surface area contributed by atoms with Gasteiger partial charge in [-0.25, -0.2) is 9.18 Å². The first kappa shape index (κ1) is 19.8. The Morgan fingerprint density at radius 1 is 1.41 bits per heavy atom. The SMILES string of the molecule is CC[C@@]1(O)C(=O)OCc2c1cc1n(c2=O)CC2=C3C4C(=C(C)C(F)=CC4N=C21)CC[C@@H]3N. The number of rotatable bonds is 1. The molecule has 0 aromatic carbocycles. The second-order valence-electron chi connectivity index (χ2n) is 9.29. The Labute approximate surface area is 183 Å². The van der Waals surface area contributed by atoms with Crippen LogP contribution >= 0.6 is 0 Å². The molecule has 0 spiro atoms. The number of nitrogens with zero attached hydrogens (tertiary/aromatic N) is 2. The summed E-state index contributed by atoms with van der Waals surface area (Å²) in [5.41, 5.74) is 9.75. The quantitative estimate of drug-likeness (QED) is 0.653. The Bertz CT molecular complexity index is 1300. The number of hydrogen-bond donors (Lipinski definition) is 2. The topological polar surface area (TPSA) is 107 Å². The van der Waals surface area contributed by atoms with Gasteiger partial charge in [0.25, 0.3) is 5.56 Å². The van der Waals surface area contributed by atoms with E-state index in [1.54, 1.807) is 30.6 Å². The number of ether oxygens (including phenoxy) is 1. The molecule has 1 aromatic rings. The van der Waals surface area contributed by atoms with Gasteiger partial charge in [0.15, 0.2) is 5.60 Å². The summed E-state index contributed by atoms with van der Waals surface area (Å²) in [6.45, 7) is 3.63. The van der Waals surface area contributed by atoms with Crippen LogP contribution in [0.15, 0.2) is 50.0 Å². The molecule has 3 N–H and O–H groups in total. The van der Waals surface area contributed by atoms with E-state index in [2.05, 4.69) is 0 Å². The second-order valence-corrected chi connectivity index (χ2v) is 9.29. The highest BCUT2D eigenvalue weighted by Crippen LogP contribution is 2.49. The van der Waals surface area contributed by atoms with Crippen LogP contribution in [0, 0.1) is 5.92 Å². The highest BCUT2D eigenvalue weighted by atomic mass is 19.1. The standard InChI is InChI=1S/C24H24FN3O4/c1-3-24(31)14-6-18-21-12(8-28(18)22(29)13(14)9-32-23(24)30)19-16(26)5-4-11-10(2)15(25)7-17(27-21)20(11)19/h6-7,16-17,20,31H,3-5,8-9,26H2,1-2H3/t16-,17?,20?,24-/m0/s1. The molecule has 32 heavy (non-hydrogen) atoms. The minimum Gasteiger partial charge on any atom is -0.458 e. The van der Waals surface area contributed by atoms with Crippen LogP contribution in [0.25, 0.3) is 0 Å². The summed E-state index contributed by atoms with van der Waals surface area (Å²) in [7, 11) is 0. The predicted octanol–water partition coefficient (Wildman–Crippen LogP) is 1.91. The van der Waals surface area contributed by atoms with Crippen LogP contribution in [0.4, 0.5) is 4.39 Å². The van der Waals surface area contributed by atoms with E-state index in [0.717, 1.165) is 29.6 Å². The fraction of sp³-hybridized carbons (Fsp3) is 0.458. The molecular weight excluding hydrogens is 413 g/mol. The van der Waals surface area contributed by atoms with Crippen molar-refractivity contribution in [1.82, 2.24) is 4.57 Å². The molecule has 0 radical (unpaired) electrons. The molecule has 1 aromatic heterocycles. The number of carbonyl (C=O) groups is 1. The average molecular weight is 437 g/mol. The highest BCUT2D eigenvalue weighted by Gasteiger charge is 2.48. The first-order chi connectivity index (χ1) is 15.3. The lowest BCUT2D eigenvalue weighted by molar-refractivity contribution is -0.172. The largest absolute Gasteiger partial charge is 0.458 e. The van der Waals surface area contributed by atoms with Gasteiger partial charge in [0.2, 0.25) is 0 Å². The first-order valence-electron chi connectivity index (χ1n) is 11.1. The number of cyclic esters (lactones) is 1. The third-order valence-electron chi connectivity index (χ3n) is 7.85. The zero-order valence-electron chi connectivity index (χ0n) is 17.9. The van der Waals surface area contributed by atoms with E-state index in [0.29, 0.717) is 23.5 Å². The Balaban J connectivity index is 1.61. The second kappa shape index (κ2) is 6.36. The maximum absolute atomic E-state index is 14.7. The Kier molecular flexibility index (Phi) is 3.94. The average Bonchev–Trinajstić information content (AvgIpc) is 3.14. The molecule has 5 aliphatic rings. The van der Waals surface area contributed by atoms with Crippen LogP contribution in [0.1, 0.15) is 49.9 Å². The van der Waals surface area contributed by atoms with E-state index in [1.165, 1.54) is 0 Å². The molecule has 3 aliphatic heterocycles. The summed E-state index contributed by atoms with van der Waals surface area (Å²) in [6, 6.07) is 1.08. The van der Waals surface area contributed by atoms with Crippen LogP contribution in [-0.4, -0.2) is 33.4 Å². The Morgan fingerprint density at radius 3 is 2.94 bits per heavy atom. The van der Waals surface area contributed by atoms with Gasteiger partial charge in [-0.2, -0.15) is 0 Å². The lowest BCUT2D eigenvalue weighted by Gasteiger charge is -2.42. The molecule has 6 rings (SSSR count). The third kappa shape index (κ3) is 2.29. The zero-order chi connectivity index (χ0) is 22.5. The number of hydrogen-bond acceptors (Lipinski definition) is 6. The number of dihydropyridines is 1. The molecule has 1 fully saturated rings. The molecule has 8 heteroatoms. The van der Waals surface area contributed by atoms with Crippen LogP contribution in [0.2, 0.25) is 0 Å². The number of esters is 1. The smallest absolute Gasteiger partial charge is 0.343 e.